The molecule has 0 aliphatic carbocycles. The van der Waals surface area contributed by atoms with Gasteiger partial charge in [-0.15, -0.1) is 11.3 Å². The predicted octanol–water partition coefficient (Wildman–Crippen LogP) is 2.17. The predicted molar refractivity (Wildman–Crippen MR) is 70.6 cm³/mol. The van der Waals surface area contributed by atoms with Gasteiger partial charge in [-0.25, -0.2) is 0 Å². The van der Waals surface area contributed by atoms with Crippen molar-refractivity contribution in [2.45, 2.75) is 38.8 Å². The van der Waals surface area contributed by atoms with Gasteiger partial charge in [0.15, 0.2) is 0 Å². The van der Waals surface area contributed by atoms with Crippen molar-refractivity contribution in [1.29, 1.82) is 0 Å². The van der Waals surface area contributed by atoms with Crippen LogP contribution in [0.25, 0.3) is 0 Å². The summed E-state index contributed by atoms with van der Waals surface area (Å²) in [6.45, 7) is 6.08. The molecule has 2 heterocycles. The molecular formula is C13H21NO2S. The molecule has 2 unspecified atom stereocenters. The van der Waals surface area contributed by atoms with Gasteiger partial charge < -0.3 is 15.2 Å². The molecule has 4 heteroatoms. The lowest BCUT2D eigenvalue weighted by Crippen LogP contribution is -2.32. The maximum atomic E-state index is 9.49. The molecule has 0 saturated carbocycles. The van der Waals surface area contributed by atoms with E-state index in [1.807, 2.05) is 0 Å². The van der Waals surface area contributed by atoms with Gasteiger partial charge in [-0.1, -0.05) is 0 Å². The van der Waals surface area contributed by atoms with Gasteiger partial charge in [0.25, 0.3) is 0 Å². The maximum absolute atomic E-state index is 9.49. The van der Waals surface area contributed by atoms with Crippen LogP contribution in [0.1, 0.15) is 34.2 Å². The molecule has 2 N–H and O–H groups in total. The molecule has 1 fully saturated rings. The molecule has 0 amide bonds. The Morgan fingerprint density at radius 2 is 2.41 bits per heavy atom. The van der Waals surface area contributed by atoms with Crippen LogP contribution in [0.4, 0.5) is 0 Å². The molecule has 2 rings (SSSR count). The van der Waals surface area contributed by atoms with E-state index >= 15 is 0 Å². The Morgan fingerprint density at radius 3 is 2.94 bits per heavy atom. The second-order valence-electron chi connectivity index (χ2n) is 4.65. The molecule has 0 radical (unpaired) electrons. The summed E-state index contributed by atoms with van der Waals surface area (Å²) in [6.07, 6.45) is 2.61. The van der Waals surface area contributed by atoms with E-state index in [0.29, 0.717) is 6.10 Å². The number of aliphatic hydroxyl groups excluding tert-OH is 1. The van der Waals surface area contributed by atoms with Crippen LogP contribution in [0, 0.1) is 13.8 Å². The van der Waals surface area contributed by atoms with Gasteiger partial charge >= 0.3 is 0 Å². The smallest absolute Gasteiger partial charge is 0.0700 e. The summed E-state index contributed by atoms with van der Waals surface area (Å²) in [7, 11) is 0. The van der Waals surface area contributed by atoms with Gasteiger partial charge in [0.2, 0.25) is 0 Å². The van der Waals surface area contributed by atoms with Crippen molar-refractivity contribution in [3.05, 3.63) is 21.4 Å². The first kappa shape index (κ1) is 13.0. The lowest BCUT2D eigenvalue weighted by Gasteiger charge is -2.19. The number of nitrogens with one attached hydrogen (secondary N) is 1. The second-order valence-corrected chi connectivity index (χ2v) is 6.11. The average molecular weight is 255 g/mol. The van der Waals surface area contributed by atoms with E-state index in [1.165, 1.54) is 15.3 Å². The molecule has 1 aliphatic rings. The summed E-state index contributed by atoms with van der Waals surface area (Å²) in [5, 5.41) is 12.9. The first-order valence-electron chi connectivity index (χ1n) is 6.23. The second kappa shape index (κ2) is 5.96. The van der Waals surface area contributed by atoms with Crippen LogP contribution in [0.2, 0.25) is 0 Å². The zero-order valence-electron chi connectivity index (χ0n) is 10.5. The van der Waals surface area contributed by atoms with Crippen LogP contribution in [-0.2, 0) is 4.74 Å². The Labute approximate surface area is 107 Å². The molecule has 0 bridgehead atoms. The summed E-state index contributed by atoms with van der Waals surface area (Å²) >= 11 is 1.79. The van der Waals surface area contributed by atoms with Crippen molar-refractivity contribution in [1.82, 2.24) is 5.32 Å². The SMILES string of the molecule is Cc1cc(C(CO)NCC2CCCO2)c(C)s1. The van der Waals surface area contributed by atoms with Crippen LogP contribution < -0.4 is 5.32 Å². The van der Waals surface area contributed by atoms with E-state index in [9.17, 15) is 5.11 Å². The number of aryl methyl sites for hydroxylation is 2. The van der Waals surface area contributed by atoms with E-state index in [1.54, 1.807) is 11.3 Å². The number of rotatable bonds is 5. The van der Waals surface area contributed by atoms with Gasteiger partial charge in [-0.3, -0.25) is 0 Å². The maximum Gasteiger partial charge on any atom is 0.0700 e. The van der Waals surface area contributed by atoms with Gasteiger partial charge in [0.1, 0.15) is 0 Å². The molecule has 1 aromatic heterocycles. The van der Waals surface area contributed by atoms with E-state index in [4.69, 9.17) is 4.74 Å². The first-order chi connectivity index (χ1) is 8.20. The Balaban J connectivity index is 1.93. The Kier molecular flexibility index (Phi) is 4.56. The molecule has 17 heavy (non-hydrogen) atoms. The van der Waals surface area contributed by atoms with Gasteiger partial charge in [0.05, 0.1) is 18.8 Å². The molecule has 3 nitrogen and oxygen atoms in total. The third-order valence-electron chi connectivity index (χ3n) is 3.25. The van der Waals surface area contributed by atoms with Crippen molar-refractivity contribution in [2.24, 2.45) is 0 Å². The van der Waals surface area contributed by atoms with Gasteiger partial charge in [-0.05, 0) is 38.3 Å². The van der Waals surface area contributed by atoms with Crippen molar-refractivity contribution in [3.63, 3.8) is 0 Å². The number of hydrogen-bond donors (Lipinski definition) is 2. The van der Waals surface area contributed by atoms with E-state index in [2.05, 4.69) is 25.2 Å². The lowest BCUT2D eigenvalue weighted by molar-refractivity contribution is 0.104. The van der Waals surface area contributed by atoms with Gasteiger partial charge in [0, 0.05) is 22.9 Å². The summed E-state index contributed by atoms with van der Waals surface area (Å²) < 4.78 is 5.58. The highest BCUT2D eigenvalue weighted by atomic mass is 32.1. The highest BCUT2D eigenvalue weighted by Crippen LogP contribution is 2.26. The lowest BCUT2D eigenvalue weighted by atomic mass is 10.1. The number of ether oxygens (including phenoxy) is 1. The third kappa shape index (κ3) is 3.28. The normalized spacial score (nSPS) is 21.9. The monoisotopic (exact) mass is 255 g/mol. The molecule has 1 saturated heterocycles. The Bertz CT molecular complexity index is 358. The third-order valence-corrected chi connectivity index (χ3v) is 4.23. The summed E-state index contributed by atoms with van der Waals surface area (Å²) in [5.74, 6) is 0. The van der Waals surface area contributed by atoms with Crippen molar-refractivity contribution in [3.8, 4) is 0 Å². The minimum atomic E-state index is 0.0455. The Hall–Kier alpha value is -0.420. The topological polar surface area (TPSA) is 41.5 Å². The highest BCUT2D eigenvalue weighted by Gasteiger charge is 2.19. The molecule has 2 atom stereocenters. The largest absolute Gasteiger partial charge is 0.394 e. The minimum absolute atomic E-state index is 0.0455. The first-order valence-corrected chi connectivity index (χ1v) is 7.05. The number of thiophene rings is 1. The van der Waals surface area contributed by atoms with Crippen molar-refractivity contribution >= 4 is 11.3 Å². The van der Waals surface area contributed by atoms with Crippen molar-refractivity contribution < 1.29 is 9.84 Å². The molecule has 0 aromatic carbocycles. The van der Waals surface area contributed by atoms with Crippen LogP contribution >= 0.6 is 11.3 Å². The average Bonchev–Trinajstić information content (AvgIpc) is 2.90. The molecule has 96 valence electrons. The number of hydrogen-bond acceptors (Lipinski definition) is 4. The fourth-order valence-electron chi connectivity index (χ4n) is 2.35. The standard InChI is InChI=1S/C13H21NO2S/c1-9-6-12(10(2)17-9)13(8-15)14-7-11-4-3-5-16-11/h6,11,13-15H,3-5,7-8H2,1-2H3. The summed E-state index contributed by atoms with van der Waals surface area (Å²) in [4.78, 5) is 2.59. The van der Waals surface area contributed by atoms with E-state index in [0.717, 1.165) is 26.0 Å². The zero-order valence-corrected chi connectivity index (χ0v) is 11.3. The molecule has 0 spiro atoms. The quantitative estimate of drug-likeness (QED) is 0.847. The molecular weight excluding hydrogens is 234 g/mol. The number of aliphatic hydroxyl groups is 1. The van der Waals surface area contributed by atoms with Gasteiger partial charge in [-0.2, -0.15) is 0 Å². The summed E-state index contributed by atoms with van der Waals surface area (Å²) in [6, 6.07) is 2.22. The molecule has 1 aliphatic heterocycles. The Morgan fingerprint density at radius 1 is 1.59 bits per heavy atom. The van der Waals surface area contributed by atoms with E-state index in [-0.39, 0.29) is 12.6 Å². The van der Waals surface area contributed by atoms with Crippen molar-refractivity contribution in [2.75, 3.05) is 19.8 Å². The van der Waals surface area contributed by atoms with Crippen LogP contribution in [0.15, 0.2) is 6.07 Å². The van der Waals surface area contributed by atoms with E-state index < -0.39 is 0 Å². The van der Waals surface area contributed by atoms with Crippen LogP contribution in [0.3, 0.4) is 0 Å². The highest BCUT2D eigenvalue weighted by molar-refractivity contribution is 7.12. The van der Waals surface area contributed by atoms with Crippen LogP contribution in [-0.4, -0.2) is 31.0 Å². The minimum Gasteiger partial charge on any atom is -0.394 e. The van der Waals surface area contributed by atoms with Crippen LogP contribution in [0.5, 0.6) is 0 Å². The molecule has 1 aromatic rings. The fraction of sp³-hybridized carbons (Fsp3) is 0.692. The summed E-state index contributed by atoms with van der Waals surface area (Å²) in [5.41, 5.74) is 1.23. The fourth-order valence-corrected chi connectivity index (χ4v) is 3.34. The zero-order chi connectivity index (χ0) is 12.3.